The summed E-state index contributed by atoms with van der Waals surface area (Å²) in [6.07, 6.45) is -28.8. The Bertz CT molecular complexity index is 896. The molecule has 0 radical (unpaired) electrons. The van der Waals surface area contributed by atoms with E-state index in [9.17, 15) is 72.5 Å². The van der Waals surface area contributed by atoms with Gasteiger partial charge in [-0.1, -0.05) is 0 Å². The summed E-state index contributed by atoms with van der Waals surface area (Å²) in [6, 6.07) is -1.76. The van der Waals surface area contributed by atoms with E-state index in [-0.39, 0.29) is 0 Å². The predicted octanol–water partition coefficient (Wildman–Crippen LogP) is 3.71. The van der Waals surface area contributed by atoms with Gasteiger partial charge in [-0.05, 0) is 12.1 Å². The first kappa shape index (κ1) is 27.3. The third kappa shape index (κ3) is 3.91. The average molecular weight is 498 g/mol. The van der Waals surface area contributed by atoms with Crippen LogP contribution >= 0.6 is 0 Å². The highest BCUT2D eigenvalue weighted by Gasteiger charge is 2.78. The van der Waals surface area contributed by atoms with Crippen molar-refractivity contribution in [2.24, 2.45) is 0 Å². The molecule has 0 heterocycles. The molecule has 0 saturated carbocycles. The van der Waals surface area contributed by atoms with Crippen molar-refractivity contribution in [3.8, 4) is 0 Å². The fraction of sp³-hybridized carbons (Fsp3) is 0.429. The summed E-state index contributed by atoms with van der Waals surface area (Å²) < 4.78 is 159. The molecule has 182 valence electrons. The van der Waals surface area contributed by atoms with Crippen molar-refractivity contribution in [3.05, 3.63) is 34.4 Å². The molecule has 0 atom stereocenters. The van der Waals surface area contributed by atoms with Crippen molar-refractivity contribution in [1.29, 1.82) is 0 Å². The molecule has 4 N–H and O–H groups in total. The normalized spacial score (nSPS) is 14.4. The van der Waals surface area contributed by atoms with Crippen LogP contribution in [0, 0.1) is 0 Å². The second-order valence-corrected chi connectivity index (χ2v) is 5.97. The van der Waals surface area contributed by atoms with Gasteiger partial charge < -0.3 is 20.4 Å². The highest BCUT2D eigenvalue weighted by atomic mass is 19.4. The number of benzene rings is 1. The van der Waals surface area contributed by atoms with Crippen LogP contribution in [0.4, 0.5) is 52.7 Å². The van der Waals surface area contributed by atoms with Gasteiger partial charge in [-0.25, -0.2) is 9.59 Å². The van der Waals surface area contributed by atoms with E-state index in [0.717, 1.165) is 0 Å². The minimum Gasteiger partial charge on any atom is -0.478 e. The molecule has 1 rings (SSSR count). The average Bonchev–Trinajstić information content (AvgIpc) is 2.54. The first-order valence-corrected chi connectivity index (χ1v) is 7.23. The smallest absolute Gasteiger partial charge is 0.430 e. The number of hydrogen-bond donors (Lipinski definition) is 4. The SMILES string of the molecule is O=C(O)c1cc(C(=O)O)c(C(O)(C(F)(F)F)C(F)(F)F)c(C(O)(C(F)(F)F)C(F)(F)F)c1. The van der Waals surface area contributed by atoms with Crippen molar-refractivity contribution in [3.63, 3.8) is 0 Å². The lowest BCUT2D eigenvalue weighted by molar-refractivity contribution is -0.387. The number of carboxylic acid groups (broad SMARTS) is 2. The minimum absolute atomic E-state index is 0.654. The topological polar surface area (TPSA) is 115 Å². The Balaban J connectivity index is 4.63. The Morgan fingerprint density at radius 1 is 0.594 bits per heavy atom. The fourth-order valence-electron chi connectivity index (χ4n) is 2.52. The Labute approximate surface area is 166 Å². The number of carbonyl (C=O) groups is 2. The number of carboxylic acids is 2. The maximum atomic E-state index is 13.2. The van der Waals surface area contributed by atoms with Crippen LogP contribution in [0.25, 0.3) is 0 Å². The van der Waals surface area contributed by atoms with E-state index < -0.39 is 82.2 Å². The van der Waals surface area contributed by atoms with Crippen molar-refractivity contribution >= 4 is 11.9 Å². The second kappa shape index (κ2) is 7.39. The molecular weight excluding hydrogens is 492 g/mol. The highest BCUT2D eigenvalue weighted by molar-refractivity contribution is 5.96. The Morgan fingerprint density at radius 3 is 1.19 bits per heavy atom. The fourth-order valence-corrected chi connectivity index (χ4v) is 2.52. The van der Waals surface area contributed by atoms with Crippen LogP contribution in [-0.4, -0.2) is 57.1 Å². The Morgan fingerprint density at radius 2 is 0.938 bits per heavy atom. The minimum atomic E-state index is -7.22. The number of halogens is 12. The van der Waals surface area contributed by atoms with Gasteiger partial charge in [0.1, 0.15) is 0 Å². The maximum Gasteiger partial charge on any atom is 0.430 e. The molecule has 0 aliphatic carbocycles. The van der Waals surface area contributed by atoms with Gasteiger partial charge in [-0.15, -0.1) is 0 Å². The molecule has 1 aromatic carbocycles. The molecule has 0 saturated heterocycles. The zero-order valence-electron chi connectivity index (χ0n) is 14.3. The summed E-state index contributed by atoms with van der Waals surface area (Å²) in [4.78, 5) is 22.2. The van der Waals surface area contributed by atoms with Crippen LogP contribution < -0.4 is 0 Å². The first-order chi connectivity index (χ1) is 13.9. The Hall–Kier alpha value is -2.76. The van der Waals surface area contributed by atoms with E-state index in [1.54, 1.807) is 0 Å². The molecule has 0 aliphatic rings. The third-order valence-corrected chi connectivity index (χ3v) is 4.01. The molecule has 1 aromatic rings. The molecule has 0 unspecified atom stereocenters. The van der Waals surface area contributed by atoms with E-state index in [1.807, 2.05) is 0 Å². The van der Waals surface area contributed by atoms with Crippen LogP contribution in [0.1, 0.15) is 31.8 Å². The van der Waals surface area contributed by atoms with Crippen molar-refractivity contribution in [1.82, 2.24) is 0 Å². The largest absolute Gasteiger partial charge is 0.478 e. The van der Waals surface area contributed by atoms with E-state index in [0.29, 0.717) is 0 Å². The van der Waals surface area contributed by atoms with Gasteiger partial charge >= 0.3 is 36.6 Å². The third-order valence-electron chi connectivity index (χ3n) is 4.01. The molecule has 32 heavy (non-hydrogen) atoms. The van der Waals surface area contributed by atoms with Crippen LogP contribution in [0.2, 0.25) is 0 Å². The van der Waals surface area contributed by atoms with Crippen LogP contribution in [0.5, 0.6) is 0 Å². The lowest BCUT2D eigenvalue weighted by Gasteiger charge is -2.40. The number of hydrogen-bond acceptors (Lipinski definition) is 4. The molecule has 6 nitrogen and oxygen atoms in total. The molecule has 0 aromatic heterocycles. The lowest BCUT2D eigenvalue weighted by Crippen LogP contribution is -2.59. The summed E-state index contributed by atoms with van der Waals surface area (Å²) in [5.74, 6) is -5.70. The summed E-state index contributed by atoms with van der Waals surface area (Å²) >= 11 is 0. The quantitative estimate of drug-likeness (QED) is 0.471. The summed E-state index contributed by atoms with van der Waals surface area (Å²) in [6.45, 7) is 0. The summed E-state index contributed by atoms with van der Waals surface area (Å²) in [7, 11) is 0. The molecular formula is C14H6F12O6. The molecule has 0 spiro atoms. The van der Waals surface area contributed by atoms with Gasteiger partial charge in [0.15, 0.2) is 0 Å². The summed E-state index contributed by atoms with van der Waals surface area (Å²) in [5, 5.41) is 36.4. The molecule has 0 amide bonds. The highest BCUT2D eigenvalue weighted by Crippen LogP contribution is 2.58. The zero-order chi connectivity index (χ0) is 25.9. The Kier molecular flexibility index (Phi) is 6.30. The van der Waals surface area contributed by atoms with E-state index >= 15 is 0 Å². The molecule has 0 fully saturated rings. The van der Waals surface area contributed by atoms with E-state index in [4.69, 9.17) is 10.2 Å². The van der Waals surface area contributed by atoms with Gasteiger partial charge in [0.05, 0.1) is 11.1 Å². The predicted molar refractivity (Wildman–Crippen MR) is 72.4 cm³/mol. The van der Waals surface area contributed by atoms with Crippen molar-refractivity contribution in [2.75, 3.05) is 0 Å². The van der Waals surface area contributed by atoms with Gasteiger partial charge in [0, 0.05) is 11.1 Å². The zero-order valence-corrected chi connectivity index (χ0v) is 14.3. The van der Waals surface area contributed by atoms with Gasteiger partial charge in [-0.2, -0.15) is 52.7 Å². The maximum absolute atomic E-state index is 13.2. The number of rotatable bonds is 4. The molecule has 0 aliphatic heterocycles. The summed E-state index contributed by atoms with van der Waals surface area (Å²) in [5.41, 5.74) is -25.4. The van der Waals surface area contributed by atoms with Crippen molar-refractivity contribution in [2.45, 2.75) is 35.9 Å². The van der Waals surface area contributed by atoms with Crippen molar-refractivity contribution < 1.29 is 82.7 Å². The monoisotopic (exact) mass is 498 g/mol. The van der Waals surface area contributed by atoms with E-state index in [2.05, 4.69) is 0 Å². The standard InChI is InChI=1S/C14H6F12O6/c15-11(16,17)9(31,12(18,19)20)5-2-3(7(27)28)1-4(8(29)30)6(5)10(32,13(21,22)23)14(24,25)26/h1-2,31-32H,(H,27,28)(H,29,30). The van der Waals surface area contributed by atoms with Gasteiger partial charge in [0.25, 0.3) is 11.2 Å². The van der Waals surface area contributed by atoms with Crippen LogP contribution in [-0.2, 0) is 11.2 Å². The van der Waals surface area contributed by atoms with Crippen LogP contribution in [0.3, 0.4) is 0 Å². The number of aromatic carboxylic acids is 2. The van der Waals surface area contributed by atoms with Gasteiger partial charge in [-0.3, -0.25) is 0 Å². The molecule has 0 bridgehead atoms. The lowest BCUT2D eigenvalue weighted by atomic mass is 9.76. The number of aliphatic hydroxyl groups is 2. The second-order valence-electron chi connectivity index (χ2n) is 5.97. The first-order valence-electron chi connectivity index (χ1n) is 7.23. The van der Waals surface area contributed by atoms with E-state index in [1.165, 1.54) is 0 Å². The molecule has 18 heteroatoms. The number of alkyl halides is 12. The van der Waals surface area contributed by atoms with Gasteiger partial charge in [0.2, 0.25) is 0 Å². The van der Waals surface area contributed by atoms with Crippen LogP contribution in [0.15, 0.2) is 12.1 Å².